The number of nitrogens with one attached hydrogen (secondary N) is 1. The molecule has 0 aliphatic heterocycles. The van der Waals surface area contributed by atoms with Crippen LogP contribution in [0.4, 0.5) is 10.1 Å². The fourth-order valence-electron chi connectivity index (χ4n) is 1.55. The van der Waals surface area contributed by atoms with Crippen molar-refractivity contribution in [2.75, 3.05) is 11.3 Å². The summed E-state index contributed by atoms with van der Waals surface area (Å²) in [4.78, 5) is 3.52. The molecule has 2 aromatic rings. The zero-order valence-corrected chi connectivity index (χ0v) is 11.5. The number of sulfonamides is 1. The van der Waals surface area contributed by atoms with E-state index in [0.717, 1.165) is 6.07 Å². The third-order valence-electron chi connectivity index (χ3n) is 2.40. The van der Waals surface area contributed by atoms with Crippen LogP contribution >= 0.6 is 0 Å². The lowest BCUT2D eigenvalue weighted by Gasteiger charge is -2.11. The van der Waals surface area contributed by atoms with Crippen molar-refractivity contribution in [2.45, 2.75) is 5.03 Å². The van der Waals surface area contributed by atoms with E-state index in [9.17, 15) is 12.8 Å². The summed E-state index contributed by atoms with van der Waals surface area (Å²) >= 11 is 0. The molecule has 0 aliphatic carbocycles. The Morgan fingerprint density at radius 2 is 2.05 bits per heavy atom. The highest BCUT2D eigenvalue weighted by atomic mass is 32.2. The van der Waals surface area contributed by atoms with Crippen LogP contribution in [-0.2, 0) is 10.0 Å². The van der Waals surface area contributed by atoms with Crippen LogP contribution in [0.2, 0.25) is 0 Å². The van der Waals surface area contributed by atoms with Gasteiger partial charge in [0.05, 0.1) is 5.69 Å². The minimum absolute atomic E-state index is 0.0952. The maximum Gasteiger partial charge on any atom is 0.282 e. The Balaban J connectivity index is 2.34. The monoisotopic (exact) mass is 307 g/mol. The van der Waals surface area contributed by atoms with Crippen molar-refractivity contribution in [1.29, 1.82) is 5.26 Å². The van der Waals surface area contributed by atoms with Crippen molar-refractivity contribution in [2.24, 2.45) is 0 Å². The number of rotatable bonds is 5. The average molecular weight is 307 g/mol. The van der Waals surface area contributed by atoms with Crippen molar-refractivity contribution in [3.8, 4) is 11.8 Å². The quantitative estimate of drug-likeness (QED) is 0.911. The molecule has 0 fully saturated rings. The van der Waals surface area contributed by atoms with Gasteiger partial charge < -0.3 is 4.74 Å². The third kappa shape index (κ3) is 3.46. The van der Waals surface area contributed by atoms with Crippen LogP contribution in [0.25, 0.3) is 0 Å². The lowest BCUT2D eigenvalue weighted by molar-refractivity contribution is 0.370. The van der Waals surface area contributed by atoms with Gasteiger partial charge in [-0.05, 0) is 24.3 Å². The maximum absolute atomic E-state index is 13.5. The molecular formula is C13H10FN3O3S. The number of nitrogens with zero attached hydrogens (tertiary/aromatic N) is 2. The molecule has 0 atom stereocenters. The molecule has 0 spiro atoms. The summed E-state index contributed by atoms with van der Waals surface area (Å²) in [5.74, 6) is -0.792. The molecule has 1 N–H and O–H groups in total. The summed E-state index contributed by atoms with van der Waals surface area (Å²) in [6.07, 6.45) is 1.18. The van der Waals surface area contributed by atoms with Crippen molar-refractivity contribution in [3.63, 3.8) is 0 Å². The van der Waals surface area contributed by atoms with Gasteiger partial charge in [0.1, 0.15) is 11.8 Å². The number of benzene rings is 1. The molecule has 6 nitrogen and oxygen atoms in total. The summed E-state index contributed by atoms with van der Waals surface area (Å²) in [6.45, 7) is -0.239. The van der Waals surface area contributed by atoms with E-state index in [0.29, 0.717) is 0 Å². The molecule has 1 aromatic heterocycles. The number of pyridine rings is 1. The van der Waals surface area contributed by atoms with Crippen LogP contribution in [0, 0.1) is 17.1 Å². The van der Waals surface area contributed by atoms with Crippen LogP contribution in [-0.4, -0.2) is 20.0 Å². The first-order valence-electron chi connectivity index (χ1n) is 5.77. The predicted molar refractivity (Wildman–Crippen MR) is 72.6 cm³/mol. The normalized spacial score (nSPS) is 10.7. The number of hydrogen-bond donors (Lipinski definition) is 1. The van der Waals surface area contributed by atoms with E-state index in [1.165, 1.54) is 24.4 Å². The van der Waals surface area contributed by atoms with E-state index in [-0.39, 0.29) is 18.0 Å². The summed E-state index contributed by atoms with van der Waals surface area (Å²) in [5, 5.41) is 7.78. The van der Waals surface area contributed by atoms with Gasteiger partial charge in [-0.2, -0.15) is 13.7 Å². The fourth-order valence-corrected chi connectivity index (χ4v) is 2.63. The SMILES string of the molecule is N#CCOc1ccccc1NS(=O)(=O)c1ncccc1F. The molecule has 1 aromatic carbocycles. The molecule has 21 heavy (non-hydrogen) atoms. The van der Waals surface area contributed by atoms with Gasteiger partial charge in [-0.1, -0.05) is 12.1 Å². The first-order chi connectivity index (χ1) is 10.0. The number of ether oxygens (including phenoxy) is 1. The van der Waals surface area contributed by atoms with Crippen LogP contribution in [0.5, 0.6) is 5.75 Å². The molecule has 0 amide bonds. The van der Waals surface area contributed by atoms with Gasteiger partial charge in [0.2, 0.25) is 5.03 Å². The molecule has 0 saturated heterocycles. The lowest BCUT2D eigenvalue weighted by Crippen LogP contribution is -2.16. The van der Waals surface area contributed by atoms with Gasteiger partial charge in [-0.25, -0.2) is 9.37 Å². The van der Waals surface area contributed by atoms with E-state index in [2.05, 4.69) is 9.71 Å². The van der Waals surface area contributed by atoms with Crippen molar-refractivity contribution in [1.82, 2.24) is 4.98 Å². The highest BCUT2D eigenvalue weighted by Gasteiger charge is 2.21. The molecule has 0 bridgehead atoms. The van der Waals surface area contributed by atoms with Crippen molar-refractivity contribution >= 4 is 15.7 Å². The van der Waals surface area contributed by atoms with Crippen LogP contribution in [0.3, 0.4) is 0 Å². The molecule has 2 rings (SSSR count). The van der Waals surface area contributed by atoms with Gasteiger partial charge in [0.15, 0.2) is 12.4 Å². The van der Waals surface area contributed by atoms with Crippen LogP contribution < -0.4 is 9.46 Å². The lowest BCUT2D eigenvalue weighted by atomic mass is 10.3. The molecule has 0 radical (unpaired) electrons. The van der Waals surface area contributed by atoms with Crippen LogP contribution in [0.15, 0.2) is 47.6 Å². The second-order valence-electron chi connectivity index (χ2n) is 3.84. The van der Waals surface area contributed by atoms with Gasteiger partial charge in [0, 0.05) is 6.20 Å². The van der Waals surface area contributed by atoms with Gasteiger partial charge in [0.25, 0.3) is 10.0 Å². The van der Waals surface area contributed by atoms with E-state index < -0.39 is 20.9 Å². The molecule has 0 aliphatic rings. The molecule has 1 heterocycles. The summed E-state index contributed by atoms with van der Waals surface area (Å²) < 4.78 is 45.0. The average Bonchev–Trinajstić information content (AvgIpc) is 2.46. The highest BCUT2D eigenvalue weighted by Crippen LogP contribution is 2.26. The smallest absolute Gasteiger partial charge is 0.282 e. The Morgan fingerprint density at radius 1 is 1.29 bits per heavy atom. The highest BCUT2D eigenvalue weighted by molar-refractivity contribution is 7.92. The minimum Gasteiger partial charge on any atom is -0.477 e. The van der Waals surface area contributed by atoms with E-state index >= 15 is 0 Å². The second kappa shape index (κ2) is 6.19. The molecule has 108 valence electrons. The zero-order valence-electron chi connectivity index (χ0n) is 10.7. The Labute approximate surface area is 120 Å². The van der Waals surface area contributed by atoms with E-state index in [1.807, 2.05) is 0 Å². The van der Waals surface area contributed by atoms with Gasteiger partial charge >= 0.3 is 0 Å². The van der Waals surface area contributed by atoms with Gasteiger partial charge in [-0.3, -0.25) is 4.72 Å². The second-order valence-corrected chi connectivity index (χ2v) is 5.44. The standard InChI is InChI=1S/C13H10FN3O3S/c14-10-4-3-8-16-13(10)21(18,19)17-11-5-1-2-6-12(11)20-9-7-15/h1-6,8,17H,9H2. The number of anilines is 1. The molecule has 8 heteroatoms. The maximum atomic E-state index is 13.5. The Morgan fingerprint density at radius 3 is 2.76 bits per heavy atom. The summed E-state index contributed by atoms with van der Waals surface area (Å²) in [7, 11) is -4.19. The van der Waals surface area contributed by atoms with Gasteiger partial charge in [-0.15, -0.1) is 0 Å². The molecule has 0 saturated carbocycles. The third-order valence-corrected chi connectivity index (χ3v) is 3.70. The Bertz CT molecular complexity index is 787. The predicted octanol–water partition coefficient (Wildman–Crippen LogP) is 1.92. The number of nitriles is 1. The zero-order chi connectivity index (χ0) is 15.3. The van der Waals surface area contributed by atoms with E-state index in [4.69, 9.17) is 10.00 Å². The number of halogens is 1. The topological polar surface area (TPSA) is 92.1 Å². The van der Waals surface area contributed by atoms with E-state index in [1.54, 1.807) is 18.2 Å². The summed E-state index contributed by atoms with van der Waals surface area (Å²) in [5.41, 5.74) is 0.0952. The molecule has 0 unspecified atom stereocenters. The fraction of sp³-hybridized carbons (Fsp3) is 0.0769. The largest absolute Gasteiger partial charge is 0.477 e. The first kappa shape index (κ1) is 14.7. The number of aromatic nitrogens is 1. The minimum atomic E-state index is -4.19. The van der Waals surface area contributed by atoms with Crippen molar-refractivity contribution < 1.29 is 17.5 Å². The van der Waals surface area contributed by atoms with Crippen molar-refractivity contribution in [3.05, 3.63) is 48.4 Å². The Kier molecular flexibility index (Phi) is 4.35. The number of hydrogen-bond acceptors (Lipinski definition) is 5. The summed E-state index contributed by atoms with van der Waals surface area (Å²) in [6, 6.07) is 10.2. The Hall–Kier alpha value is -2.66. The molecular weight excluding hydrogens is 297 g/mol. The number of para-hydroxylation sites is 2. The van der Waals surface area contributed by atoms with Crippen LogP contribution in [0.1, 0.15) is 0 Å². The first-order valence-corrected chi connectivity index (χ1v) is 7.25.